The second-order valence-corrected chi connectivity index (χ2v) is 9.31. The van der Waals surface area contributed by atoms with Crippen LogP contribution in [0.15, 0.2) is 85.7 Å². The van der Waals surface area contributed by atoms with Gasteiger partial charge < -0.3 is 28.5 Å². The molecular weight excluding hydrogens is 675 g/mol. The first-order valence-corrected chi connectivity index (χ1v) is 12.6. The molecule has 8 heteroatoms. The molecule has 0 saturated carbocycles. The van der Waals surface area contributed by atoms with E-state index in [2.05, 4.69) is 79.8 Å². The van der Waals surface area contributed by atoms with E-state index in [0.717, 1.165) is 22.8 Å². The van der Waals surface area contributed by atoms with Crippen LogP contribution in [-0.2, 0) is 34.2 Å². The summed E-state index contributed by atoms with van der Waals surface area (Å²) in [5.74, 6) is 0. The summed E-state index contributed by atoms with van der Waals surface area (Å²) < 4.78 is 7.70. The quantitative estimate of drug-likeness (QED) is 0.206. The fourth-order valence-electron chi connectivity index (χ4n) is 3.95. The number of imidazole rings is 2. The van der Waals surface area contributed by atoms with Crippen molar-refractivity contribution in [3.8, 4) is 22.8 Å². The Bertz CT molecular complexity index is 1530. The van der Waals surface area contributed by atoms with Gasteiger partial charge >= 0.3 is 0 Å². The summed E-state index contributed by atoms with van der Waals surface area (Å²) in [7, 11) is 3.92. The minimum atomic E-state index is 0. The van der Waals surface area contributed by atoms with E-state index in [9.17, 15) is 0 Å². The van der Waals surface area contributed by atoms with Crippen molar-refractivity contribution in [2.75, 3.05) is 0 Å². The van der Waals surface area contributed by atoms with Crippen molar-refractivity contribution in [3.63, 3.8) is 0 Å². The van der Waals surface area contributed by atoms with Gasteiger partial charge in [0, 0.05) is 63.0 Å². The molecule has 6 aromatic rings. The van der Waals surface area contributed by atoms with Crippen molar-refractivity contribution in [2.24, 2.45) is 14.1 Å². The Kier molecular flexibility index (Phi) is 10.9. The van der Waals surface area contributed by atoms with E-state index in [1.54, 1.807) is 12.4 Å². The van der Waals surface area contributed by atoms with E-state index in [4.69, 9.17) is 0 Å². The predicted molar refractivity (Wildman–Crippen MR) is 149 cm³/mol. The number of benzene rings is 2. The largest absolute Gasteiger partial charge is 0.574 e. The van der Waals surface area contributed by atoms with E-state index in [-0.39, 0.29) is 20.1 Å². The molecule has 0 spiro atoms. The molecule has 0 fully saturated rings. The normalized spacial score (nSPS) is 10.1. The zero-order chi connectivity index (χ0) is 27.8. The predicted octanol–water partition coefficient (Wildman–Crippen LogP) is 4.14. The van der Waals surface area contributed by atoms with Gasteiger partial charge in [-0.25, -0.2) is 0 Å². The first-order chi connectivity index (χ1) is 18.8. The molecule has 207 valence electrons. The van der Waals surface area contributed by atoms with Crippen LogP contribution in [0, 0.1) is 52.5 Å². The van der Waals surface area contributed by atoms with Gasteiger partial charge in [-0.2, -0.15) is 58.7 Å². The summed E-state index contributed by atoms with van der Waals surface area (Å²) in [6, 6.07) is 22.3. The van der Waals surface area contributed by atoms with Crippen molar-refractivity contribution in [1.82, 2.24) is 24.3 Å². The summed E-state index contributed by atoms with van der Waals surface area (Å²) in [6.45, 7) is 8.33. The number of pyridine rings is 1. The van der Waals surface area contributed by atoms with Gasteiger partial charge in [-0.1, -0.05) is 56.9 Å². The van der Waals surface area contributed by atoms with Crippen molar-refractivity contribution in [3.05, 3.63) is 133 Å². The Morgan fingerprint density at radius 1 is 0.750 bits per heavy atom. The van der Waals surface area contributed by atoms with Crippen LogP contribution in [0.5, 0.6) is 0 Å². The van der Waals surface area contributed by atoms with E-state index in [0.29, 0.717) is 0 Å². The topological polar surface area (TPSA) is 57.5 Å². The number of rotatable bonds is 3. The second kappa shape index (κ2) is 14.3. The Morgan fingerprint density at radius 3 is 1.68 bits per heavy atom. The molecular formula is C32H32IrN7-3. The van der Waals surface area contributed by atoms with Gasteiger partial charge in [0.15, 0.2) is 0 Å². The van der Waals surface area contributed by atoms with Gasteiger partial charge in [-0.15, -0.1) is 0 Å². The third kappa shape index (κ3) is 8.18. The SMILES string of the molecule is Cc1c[c-]c(-n2[c-][n+](C)cc2)c(C)c1.Cc1c[c-]c(-n2[c-][n+](C)cc2)c(C)c1.[Ir].c1ccc(-c2ccn[n-]2)nc1. The molecule has 0 atom stereocenters. The number of hydrogen-bond acceptors (Lipinski definition) is 2. The standard InChI is InChI=1S/2C12H13N2.C8H6N3.Ir/c2*1-10-4-5-12(11(2)8-10)14-7-6-13(3)9-14;1-2-5-9-7(3-1)8-4-6-10-11-8;/h2*4,6-8H,1-3H3;1-6H;/q3*-1;. The number of aryl methyl sites for hydroxylation is 6. The van der Waals surface area contributed by atoms with Gasteiger partial charge in [0.25, 0.3) is 0 Å². The molecule has 7 nitrogen and oxygen atoms in total. The van der Waals surface area contributed by atoms with Crippen LogP contribution in [0.2, 0.25) is 0 Å². The maximum Gasteiger partial charge on any atom is 0.241 e. The Morgan fingerprint density at radius 2 is 1.30 bits per heavy atom. The third-order valence-electron chi connectivity index (χ3n) is 5.79. The Labute approximate surface area is 250 Å². The van der Waals surface area contributed by atoms with Gasteiger partial charge in [0.1, 0.15) is 0 Å². The average molecular weight is 707 g/mol. The average Bonchev–Trinajstić information content (AvgIpc) is 3.69. The maximum atomic E-state index is 4.12. The van der Waals surface area contributed by atoms with Crippen LogP contribution in [0.25, 0.3) is 22.8 Å². The van der Waals surface area contributed by atoms with E-state index >= 15 is 0 Å². The number of hydrogen-bond donors (Lipinski definition) is 0. The molecule has 40 heavy (non-hydrogen) atoms. The Balaban J connectivity index is 0.000000165. The van der Waals surface area contributed by atoms with E-state index in [1.807, 2.05) is 93.5 Å². The molecule has 0 aliphatic heterocycles. The fraction of sp³-hybridized carbons (Fsp3) is 0.188. The zero-order valence-corrected chi connectivity index (χ0v) is 25.9. The van der Waals surface area contributed by atoms with Crippen LogP contribution in [-0.4, -0.2) is 19.2 Å². The molecule has 0 aliphatic rings. The second-order valence-electron chi connectivity index (χ2n) is 9.31. The van der Waals surface area contributed by atoms with Gasteiger partial charge in [-0.3, -0.25) is 4.98 Å². The number of nitrogens with zero attached hydrogens (tertiary/aromatic N) is 7. The van der Waals surface area contributed by atoms with Gasteiger partial charge in [-0.05, 0) is 12.1 Å². The molecule has 6 rings (SSSR count). The number of aromatic nitrogens is 7. The van der Waals surface area contributed by atoms with Crippen LogP contribution in [0.3, 0.4) is 0 Å². The first-order valence-electron chi connectivity index (χ1n) is 12.6. The van der Waals surface area contributed by atoms with Crippen LogP contribution in [0.1, 0.15) is 22.3 Å². The first kappa shape index (κ1) is 30.4. The van der Waals surface area contributed by atoms with Crippen molar-refractivity contribution in [1.29, 1.82) is 0 Å². The molecule has 0 saturated heterocycles. The smallest absolute Gasteiger partial charge is 0.241 e. The summed E-state index contributed by atoms with van der Waals surface area (Å²) in [4.78, 5) is 4.12. The molecule has 0 amide bonds. The minimum Gasteiger partial charge on any atom is -0.574 e. The summed E-state index contributed by atoms with van der Waals surface area (Å²) >= 11 is 0. The van der Waals surface area contributed by atoms with Crippen molar-refractivity contribution >= 4 is 0 Å². The molecule has 2 aromatic carbocycles. The van der Waals surface area contributed by atoms with Crippen molar-refractivity contribution < 1.29 is 29.2 Å². The zero-order valence-electron chi connectivity index (χ0n) is 23.5. The van der Waals surface area contributed by atoms with E-state index < -0.39 is 0 Å². The van der Waals surface area contributed by atoms with Gasteiger partial charge in [0.2, 0.25) is 12.7 Å². The molecule has 1 radical (unpaired) electrons. The summed E-state index contributed by atoms with van der Waals surface area (Å²) in [5.41, 5.74) is 8.74. The van der Waals surface area contributed by atoms with Crippen LogP contribution < -0.4 is 14.2 Å². The van der Waals surface area contributed by atoms with Crippen LogP contribution >= 0.6 is 0 Å². The molecule has 0 unspecified atom stereocenters. The summed E-state index contributed by atoms with van der Waals surface area (Å²) in [6.07, 6.45) is 17.6. The summed E-state index contributed by atoms with van der Waals surface area (Å²) in [5, 5.41) is 7.58. The monoisotopic (exact) mass is 707 g/mol. The molecule has 0 aliphatic carbocycles. The third-order valence-corrected chi connectivity index (χ3v) is 5.79. The fourth-order valence-corrected chi connectivity index (χ4v) is 3.95. The maximum absolute atomic E-state index is 4.12. The molecule has 4 heterocycles. The Hall–Kier alpha value is -4.13. The minimum absolute atomic E-state index is 0. The van der Waals surface area contributed by atoms with Crippen LogP contribution in [0.4, 0.5) is 0 Å². The molecule has 0 bridgehead atoms. The molecule has 0 N–H and O–H groups in total. The molecule has 4 aromatic heterocycles. The van der Waals surface area contributed by atoms with Crippen molar-refractivity contribution in [2.45, 2.75) is 27.7 Å². The van der Waals surface area contributed by atoms with E-state index in [1.165, 1.54) is 22.3 Å². The van der Waals surface area contributed by atoms with Gasteiger partial charge in [0.05, 0.1) is 14.1 Å².